The third kappa shape index (κ3) is 4.14. The van der Waals surface area contributed by atoms with Crippen LogP contribution in [0, 0.1) is 5.92 Å². The van der Waals surface area contributed by atoms with E-state index in [9.17, 15) is 9.59 Å². The number of carbonyl (C=O) groups is 2. The Labute approximate surface area is 89.2 Å². The largest absolute Gasteiger partial charge is 0.466 e. The van der Waals surface area contributed by atoms with E-state index in [1.165, 1.54) is 6.92 Å². The molecular formula is C11H16O4. The molecule has 0 aromatic rings. The first kappa shape index (κ1) is 11.8. The predicted octanol–water partition coefficient (Wildman–Crippen LogP) is 1.45. The third-order valence-corrected chi connectivity index (χ3v) is 2.13. The van der Waals surface area contributed by atoms with Gasteiger partial charge >= 0.3 is 11.9 Å². The lowest BCUT2D eigenvalue weighted by Crippen LogP contribution is -2.08. The molecule has 15 heavy (non-hydrogen) atoms. The van der Waals surface area contributed by atoms with Gasteiger partial charge in [-0.2, -0.15) is 0 Å². The van der Waals surface area contributed by atoms with Crippen molar-refractivity contribution in [3.05, 3.63) is 11.6 Å². The molecule has 4 heteroatoms. The van der Waals surface area contributed by atoms with Crippen LogP contribution in [-0.4, -0.2) is 25.2 Å². The maximum Gasteiger partial charge on any atom is 0.316 e. The van der Waals surface area contributed by atoms with Gasteiger partial charge in [-0.1, -0.05) is 11.6 Å². The van der Waals surface area contributed by atoms with Gasteiger partial charge in [-0.3, -0.25) is 9.59 Å². The maximum atomic E-state index is 11.2. The molecule has 0 radical (unpaired) electrons. The summed E-state index contributed by atoms with van der Waals surface area (Å²) in [5.74, 6) is -0.538. The van der Waals surface area contributed by atoms with Crippen LogP contribution in [0.4, 0.5) is 0 Å². The van der Waals surface area contributed by atoms with Gasteiger partial charge in [0.25, 0.3) is 0 Å². The molecule has 0 bridgehead atoms. The first-order valence-electron chi connectivity index (χ1n) is 5.15. The lowest BCUT2D eigenvalue weighted by molar-refractivity contribution is -0.144. The monoisotopic (exact) mass is 212 g/mol. The van der Waals surface area contributed by atoms with E-state index >= 15 is 0 Å². The van der Waals surface area contributed by atoms with Crippen molar-refractivity contribution in [2.24, 2.45) is 5.92 Å². The molecule has 0 aromatic carbocycles. The summed E-state index contributed by atoms with van der Waals surface area (Å²) in [7, 11) is 0. The van der Waals surface area contributed by atoms with E-state index in [0.717, 1.165) is 18.4 Å². The van der Waals surface area contributed by atoms with Crippen molar-refractivity contribution in [3.8, 4) is 0 Å². The molecule has 84 valence electrons. The van der Waals surface area contributed by atoms with E-state index in [-0.39, 0.29) is 17.9 Å². The van der Waals surface area contributed by atoms with Crippen molar-refractivity contribution in [3.63, 3.8) is 0 Å². The highest BCUT2D eigenvalue weighted by Crippen LogP contribution is 2.33. The molecule has 0 aliphatic heterocycles. The van der Waals surface area contributed by atoms with Crippen LogP contribution in [0.3, 0.4) is 0 Å². The summed E-state index contributed by atoms with van der Waals surface area (Å²) in [5.41, 5.74) is 1.10. The zero-order valence-electron chi connectivity index (χ0n) is 9.12. The molecule has 1 unspecified atom stereocenters. The minimum atomic E-state index is -0.262. The summed E-state index contributed by atoms with van der Waals surface area (Å²) in [6, 6.07) is 0. The Hall–Kier alpha value is -1.32. The zero-order valence-corrected chi connectivity index (χ0v) is 9.12. The van der Waals surface area contributed by atoms with Crippen molar-refractivity contribution in [2.75, 3.05) is 13.2 Å². The van der Waals surface area contributed by atoms with Crippen molar-refractivity contribution >= 4 is 11.9 Å². The van der Waals surface area contributed by atoms with Crippen LogP contribution in [0.25, 0.3) is 0 Å². The second kappa shape index (κ2) is 5.53. The first-order chi connectivity index (χ1) is 7.15. The van der Waals surface area contributed by atoms with Gasteiger partial charge < -0.3 is 9.47 Å². The van der Waals surface area contributed by atoms with Crippen molar-refractivity contribution in [1.82, 2.24) is 0 Å². The Balaban J connectivity index is 2.04. The predicted molar refractivity (Wildman–Crippen MR) is 54.1 cm³/mol. The van der Waals surface area contributed by atoms with E-state index in [1.54, 1.807) is 6.92 Å². The molecule has 4 nitrogen and oxygen atoms in total. The molecule has 1 atom stereocenters. The molecule has 1 aliphatic carbocycles. The molecule has 1 rings (SSSR count). The van der Waals surface area contributed by atoms with Crippen molar-refractivity contribution in [1.29, 1.82) is 0 Å². The Bertz CT molecular complexity index is 280. The molecule has 0 heterocycles. The number of rotatable bonds is 6. The number of carbonyl (C=O) groups excluding carboxylic acids is 2. The normalized spacial score (nSPS) is 18.0. The Kier molecular flexibility index (Phi) is 4.34. The minimum Gasteiger partial charge on any atom is -0.466 e. The lowest BCUT2D eigenvalue weighted by Gasteiger charge is -2.02. The van der Waals surface area contributed by atoms with Crippen LogP contribution in [0.2, 0.25) is 0 Å². The van der Waals surface area contributed by atoms with Crippen LogP contribution >= 0.6 is 0 Å². The van der Waals surface area contributed by atoms with Gasteiger partial charge in [0.2, 0.25) is 0 Å². The first-order valence-corrected chi connectivity index (χ1v) is 5.15. The smallest absolute Gasteiger partial charge is 0.316 e. The molecular weight excluding hydrogens is 196 g/mol. The molecule has 0 aromatic heterocycles. The summed E-state index contributed by atoms with van der Waals surface area (Å²) in [6.45, 7) is 4.02. The highest BCUT2D eigenvalue weighted by atomic mass is 16.5. The summed E-state index contributed by atoms with van der Waals surface area (Å²) >= 11 is 0. The topological polar surface area (TPSA) is 52.6 Å². The van der Waals surface area contributed by atoms with Gasteiger partial charge in [-0.05, 0) is 19.8 Å². The molecule has 1 aliphatic rings. The van der Waals surface area contributed by atoms with E-state index in [4.69, 9.17) is 9.47 Å². The fourth-order valence-electron chi connectivity index (χ4n) is 1.35. The Morgan fingerprint density at radius 3 is 2.73 bits per heavy atom. The molecule has 0 saturated heterocycles. The molecule has 0 spiro atoms. The standard InChI is InChI=1S/C11H16O4/c1-3-14-11(13)10-7-9(10)5-4-6-15-8(2)12/h7,10H,3-6H2,1-2H3. The van der Waals surface area contributed by atoms with Crippen LogP contribution in [-0.2, 0) is 19.1 Å². The highest BCUT2D eigenvalue weighted by molar-refractivity contribution is 5.83. The fourth-order valence-corrected chi connectivity index (χ4v) is 1.35. The van der Waals surface area contributed by atoms with Crippen molar-refractivity contribution < 1.29 is 19.1 Å². The zero-order chi connectivity index (χ0) is 11.3. The summed E-state index contributed by atoms with van der Waals surface area (Å²) in [4.78, 5) is 21.6. The van der Waals surface area contributed by atoms with E-state index in [0.29, 0.717) is 13.2 Å². The highest BCUT2D eigenvalue weighted by Gasteiger charge is 2.32. The number of esters is 2. The van der Waals surface area contributed by atoms with Gasteiger partial charge in [0.05, 0.1) is 19.1 Å². The van der Waals surface area contributed by atoms with E-state index < -0.39 is 0 Å². The average Bonchev–Trinajstić information content (AvgIpc) is 2.92. The van der Waals surface area contributed by atoms with Crippen molar-refractivity contribution in [2.45, 2.75) is 26.7 Å². The van der Waals surface area contributed by atoms with Gasteiger partial charge in [-0.25, -0.2) is 0 Å². The SMILES string of the molecule is CCOC(=O)C1C=C1CCCOC(C)=O. The number of hydrogen-bond donors (Lipinski definition) is 0. The Morgan fingerprint density at radius 2 is 2.13 bits per heavy atom. The van der Waals surface area contributed by atoms with Gasteiger partial charge in [0.1, 0.15) is 0 Å². The summed E-state index contributed by atoms with van der Waals surface area (Å²) in [6.07, 6.45) is 3.46. The van der Waals surface area contributed by atoms with Crippen LogP contribution in [0.15, 0.2) is 11.6 Å². The van der Waals surface area contributed by atoms with Crippen LogP contribution < -0.4 is 0 Å². The van der Waals surface area contributed by atoms with E-state index in [2.05, 4.69) is 0 Å². The van der Waals surface area contributed by atoms with Crippen LogP contribution in [0.1, 0.15) is 26.7 Å². The third-order valence-electron chi connectivity index (χ3n) is 2.13. The second-order valence-corrected chi connectivity index (χ2v) is 3.41. The van der Waals surface area contributed by atoms with Gasteiger partial charge in [0.15, 0.2) is 0 Å². The number of ether oxygens (including phenoxy) is 2. The quantitative estimate of drug-likeness (QED) is 0.380. The summed E-state index contributed by atoms with van der Waals surface area (Å²) in [5, 5.41) is 0. The molecule has 0 fully saturated rings. The second-order valence-electron chi connectivity index (χ2n) is 3.41. The minimum absolute atomic E-state index is 0.109. The fraction of sp³-hybridized carbons (Fsp3) is 0.636. The summed E-state index contributed by atoms with van der Waals surface area (Å²) < 4.78 is 9.65. The average molecular weight is 212 g/mol. The van der Waals surface area contributed by atoms with Gasteiger partial charge in [0, 0.05) is 6.92 Å². The lowest BCUT2D eigenvalue weighted by atomic mass is 10.2. The molecule has 0 N–H and O–H groups in total. The molecule has 0 saturated carbocycles. The van der Waals surface area contributed by atoms with Gasteiger partial charge in [-0.15, -0.1) is 0 Å². The Morgan fingerprint density at radius 1 is 1.40 bits per heavy atom. The maximum absolute atomic E-state index is 11.2. The van der Waals surface area contributed by atoms with Crippen LogP contribution in [0.5, 0.6) is 0 Å². The molecule has 0 amide bonds. The number of hydrogen-bond acceptors (Lipinski definition) is 4. The van der Waals surface area contributed by atoms with E-state index in [1.807, 2.05) is 6.08 Å².